The molecule has 1 saturated heterocycles. The first-order valence-electron chi connectivity index (χ1n) is 7.23. The Morgan fingerprint density at radius 1 is 1.30 bits per heavy atom. The first kappa shape index (κ1) is 19.2. The number of nitrogens with one attached hydrogen (secondary N) is 2. The van der Waals surface area contributed by atoms with Gasteiger partial charge in [-0.3, -0.25) is 9.59 Å². The number of carbonyl (C=O) groups is 2. The maximum absolute atomic E-state index is 11.9. The van der Waals surface area contributed by atoms with Gasteiger partial charge in [0.15, 0.2) is 0 Å². The molecule has 0 bridgehead atoms. The van der Waals surface area contributed by atoms with Crippen LogP contribution in [0.5, 0.6) is 0 Å². The Hall–Kier alpha value is -0.810. The van der Waals surface area contributed by atoms with Crippen molar-refractivity contribution in [2.45, 2.75) is 45.6 Å². The molecule has 0 radical (unpaired) electrons. The average molecular weight is 306 g/mol. The lowest BCUT2D eigenvalue weighted by Gasteiger charge is -2.23. The van der Waals surface area contributed by atoms with Gasteiger partial charge < -0.3 is 15.5 Å². The van der Waals surface area contributed by atoms with Crippen molar-refractivity contribution >= 4 is 24.2 Å². The van der Waals surface area contributed by atoms with Crippen molar-refractivity contribution in [3.63, 3.8) is 0 Å². The zero-order chi connectivity index (χ0) is 14.3. The van der Waals surface area contributed by atoms with Crippen molar-refractivity contribution in [2.75, 3.05) is 26.7 Å². The summed E-state index contributed by atoms with van der Waals surface area (Å²) in [5, 5.41) is 6.11. The van der Waals surface area contributed by atoms with Crippen molar-refractivity contribution in [3.05, 3.63) is 0 Å². The molecule has 5 nitrogen and oxygen atoms in total. The highest BCUT2D eigenvalue weighted by Crippen LogP contribution is 2.18. The van der Waals surface area contributed by atoms with Crippen molar-refractivity contribution in [3.8, 4) is 0 Å². The largest absolute Gasteiger partial charge is 0.352 e. The molecule has 1 heterocycles. The van der Waals surface area contributed by atoms with Gasteiger partial charge >= 0.3 is 0 Å². The standard InChI is InChI=1S/C14H27N3O2.ClH/c1-11(2)16-13(18)10-17(3)14(19)5-4-12-6-8-15-9-7-12;/h11-12,15H,4-10H2,1-3H3,(H,16,18);1H. The number of likely N-dealkylation sites (N-methyl/N-ethyl adjacent to an activating group) is 1. The fourth-order valence-corrected chi connectivity index (χ4v) is 2.36. The molecule has 0 aromatic carbocycles. The van der Waals surface area contributed by atoms with Crippen LogP contribution in [0, 0.1) is 5.92 Å². The Morgan fingerprint density at radius 2 is 1.90 bits per heavy atom. The first-order chi connectivity index (χ1) is 8.99. The van der Waals surface area contributed by atoms with Crippen LogP contribution >= 0.6 is 12.4 Å². The van der Waals surface area contributed by atoms with Crippen LogP contribution < -0.4 is 10.6 Å². The van der Waals surface area contributed by atoms with Crippen LogP contribution in [0.4, 0.5) is 0 Å². The van der Waals surface area contributed by atoms with E-state index in [0.717, 1.165) is 32.4 Å². The summed E-state index contributed by atoms with van der Waals surface area (Å²) in [5.74, 6) is 0.633. The molecule has 6 heteroatoms. The van der Waals surface area contributed by atoms with Gasteiger partial charge in [0.25, 0.3) is 0 Å². The second kappa shape index (κ2) is 10.00. The number of halogens is 1. The van der Waals surface area contributed by atoms with Crippen LogP contribution in [-0.4, -0.2) is 49.4 Å². The smallest absolute Gasteiger partial charge is 0.239 e. The SMILES string of the molecule is CC(C)NC(=O)CN(C)C(=O)CCC1CCNCC1.Cl. The van der Waals surface area contributed by atoms with E-state index in [2.05, 4.69) is 10.6 Å². The maximum Gasteiger partial charge on any atom is 0.239 e. The Labute approximate surface area is 128 Å². The van der Waals surface area contributed by atoms with Gasteiger partial charge in [0.2, 0.25) is 11.8 Å². The number of nitrogens with zero attached hydrogens (tertiary/aromatic N) is 1. The Bertz CT molecular complexity index is 305. The highest BCUT2D eigenvalue weighted by molar-refractivity contribution is 5.85. The summed E-state index contributed by atoms with van der Waals surface area (Å²) in [6.45, 7) is 6.11. The minimum absolute atomic E-state index is 0. The topological polar surface area (TPSA) is 61.4 Å². The molecule has 0 unspecified atom stereocenters. The summed E-state index contributed by atoms with van der Waals surface area (Å²) < 4.78 is 0. The summed E-state index contributed by atoms with van der Waals surface area (Å²) in [5.41, 5.74) is 0. The summed E-state index contributed by atoms with van der Waals surface area (Å²) in [7, 11) is 1.70. The molecule has 0 aromatic heterocycles. The average Bonchev–Trinajstić information content (AvgIpc) is 2.36. The van der Waals surface area contributed by atoms with E-state index in [-0.39, 0.29) is 36.8 Å². The van der Waals surface area contributed by atoms with Gasteiger partial charge in [-0.15, -0.1) is 12.4 Å². The summed E-state index contributed by atoms with van der Waals surface area (Å²) in [6.07, 6.45) is 3.81. The molecule has 0 atom stereocenters. The third-order valence-electron chi connectivity index (χ3n) is 3.48. The molecule has 0 aromatic rings. The number of carbonyl (C=O) groups excluding carboxylic acids is 2. The van der Waals surface area contributed by atoms with Gasteiger partial charge in [0.1, 0.15) is 0 Å². The summed E-state index contributed by atoms with van der Waals surface area (Å²) in [6, 6.07) is 0.116. The second-order valence-electron chi connectivity index (χ2n) is 5.70. The molecule has 2 N–H and O–H groups in total. The third kappa shape index (κ3) is 7.70. The molecule has 1 aliphatic heterocycles. The molecular weight excluding hydrogens is 278 g/mol. The number of hydrogen-bond acceptors (Lipinski definition) is 3. The van der Waals surface area contributed by atoms with Crippen LogP contribution in [0.15, 0.2) is 0 Å². The molecule has 20 heavy (non-hydrogen) atoms. The molecule has 1 rings (SSSR count). The van der Waals surface area contributed by atoms with Gasteiger partial charge in [-0.05, 0) is 52.1 Å². The van der Waals surface area contributed by atoms with E-state index in [1.54, 1.807) is 7.05 Å². The third-order valence-corrected chi connectivity index (χ3v) is 3.48. The predicted octanol–water partition coefficient (Wildman–Crippen LogP) is 1.17. The van der Waals surface area contributed by atoms with Gasteiger partial charge in [-0.2, -0.15) is 0 Å². The monoisotopic (exact) mass is 305 g/mol. The lowest BCUT2D eigenvalue weighted by Crippen LogP contribution is -2.41. The molecular formula is C14H28ClN3O2. The van der Waals surface area contributed by atoms with E-state index in [4.69, 9.17) is 0 Å². The van der Waals surface area contributed by atoms with Gasteiger partial charge in [-0.25, -0.2) is 0 Å². The Morgan fingerprint density at radius 3 is 2.45 bits per heavy atom. The number of rotatable bonds is 6. The van der Waals surface area contributed by atoms with Crippen LogP contribution in [0.3, 0.4) is 0 Å². The van der Waals surface area contributed by atoms with Gasteiger partial charge in [0, 0.05) is 19.5 Å². The molecule has 0 aliphatic carbocycles. The van der Waals surface area contributed by atoms with E-state index in [1.165, 1.54) is 4.90 Å². The fraction of sp³-hybridized carbons (Fsp3) is 0.857. The first-order valence-corrected chi connectivity index (χ1v) is 7.23. The highest BCUT2D eigenvalue weighted by Gasteiger charge is 2.17. The predicted molar refractivity (Wildman–Crippen MR) is 83.0 cm³/mol. The molecule has 1 aliphatic rings. The highest BCUT2D eigenvalue weighted by atomic mass is 35.5. The normalized spacial score (nSPS) is 15.6. The second-order valence-corrected chi connectivity index (χ2v) is 5.70. The molecule has 0 spiro atoms. The quantitative estimate of drug-likeness (QED) is 0.774. The van der Waals surface area contributed by atoms with Crippen molar-refractivity contribution in [1.82, 2.24) is 15.5 Å². The minimum atomic E-state index is -0.0901. The summed E-state index contributed by atoms with van der Waals surface area (Å²) in [4.78, 5) is 25.0. The molecule has 2 amide bonds. The van der Waals surface area contributed by atoms with E-state index in [1.807, 2.05) is 13.8 Å². The van der Waals surface area contributed by atoms with Crippen LogP contribution in [0.25, 0.3) is 0 Å². The Kier molecular flexibility index (Phi) is 9.59. The van der Waals surface area contributed by atoms with Crippen LogP contribution in [0.2, 0.25) is 0 Å². The van der Waals surface area contributed by atoms with Gasteiger partial charge in [0.05, 0.1) is 6.54 Å². The zero-order valence-corrected chi connectivity index (χ0v) is 13.6. The Balaban J connectivity index is 0.00000361. The van der Waals surface area contributed by atoms with Crippen molar-refractivity contribution in [2.24, 2.45) is 5.92 Å². The lowest BCUT2D eigenvalue weighted by molar-refractivity contribution is -0.135. The number of amides is 2. The van der Waals surface area contributed by atoms with Crippen LogP contribution in [-0.2, 0) is 9.59 Å². The van der Waals surface area contributed by atoms with E-state index in [9.17, 15) is 9.59 Å². The zero-order valence-electron chi connectivity index (χ0n) is 12.8. The number of hydrogen-bond donors (Lipinski definition) is 2. The van der Waals surface area contributed by atoms with Crippen molar-refractivity contribution in [1.29, 1.82) is 0 Å². The summed E-state index contributed by atoms with van der Waals surface area (Å²) >= 11 is 0. The number of piperidine rings is 1. The minimum Gasteiger partial charge on any atom is -0.352 e. The van der Waals surface area contributed by atoms with Crippen molar-refractivity contribution < 1.29 is 9.59 Å². The van der Waals surface area contributed by atoms with Crippen LogP contribution in [0.1, 0.15) is 39.5 Å². The fourth-order valence-electron chi connectivity index (χ4n) is 2.36. The van der Waals surface area contributed by atoms with Gasteiger partial charge in [-0.1, -0.05) is 0 Å². The molecule has 1 fully saturated rings. The lowest BCUT2D eigenvalue weighted by atomic mass is 9.93. The molecule has 118 valence electrons. The maximum atomic E-state index is 11.9. The van der Waals surface area contributed by atoms with E-state index >= 15 is 0 Å². The van der Waals surface area contributed by atoms with E-state index < -0.39 is 0 Å². The van der Waals surface area contributed by atoms with E-state index in [0.29, 0.717) is 12.3 Å². The molecule has 0 saturated carbocycles.